The Bertz CT molecular complexity index is 754. The fourth-order valence-electron chi connectivity index (χ4n) is 1.96. The van der Waals surface area contributed by atoms with E-state index in [1.807, 2.05) is 0 Å². The fourth-order valence-corrected chi connectivity index (χ4v) is 1.96. The van der Waals surface area contributed by atoms with Crippen LogP contribution in [0.5, 0.6) is 11.5 Å². The molecule has 1 aromatic carbocycles. The second kappa shape index (κ2) is 5.99. The standard InChI is InChI=1S/C15H14N2O6/c1-8-5-13(17-23-8)16-14(18)9(2)22-15(19)10-3-4-11-12(6-10)21-7-20-11/h3-6,9H,7H2,1-2H3,(H,16,17,18)/t9-/m0/s1. The Labute approximate surface area is 131 Å². The summed E-state index contributed by atoms with van der Waals surface area (Å²) in [6.07, 6.45) is -0.995. The van der Waals surface area contributed by atoms with Crippen LogP contribution in [0.15, 0.2) is 28.8 Å². The highest BCUT2D eigenvalue weighted by Crippen LogP contribution is 2.32. The number of nitrogens with zero attached hydrogens (tertiary/aromatic N) is 1. The number of carbonyl (C=O) groups is 2. The molecule has 3 rings (SSSR count). The summed E-state index contributed by atoms with van der Waals surface area (Å²) in [4.78, 5) is 24.0. The lowest BCUT2D eigenvalue weighted by Crippen LogP contribution is -2.30. The van der Waals surface area contributed by atoms with Gasteiger partial charge >= 0.3 is 5.97 Å². The number of benzene rings is 1. The normalized spacial score (nSPS) is 13.5. The predicted molar refractivity (Wildman–Crippen MR) is 77.3 cm³/mol. The zero-order valence-corrected chi connectivity index (χ0v) is 12.5. The van der Waals surface area contributed by atoms with Gasteiger partial charge in [0.25, 0.3) is 5.91 Å². The van der Waals surface area contributed by atoms with Gasteiger partial charge in [-0.15, -0.1) is 0 Å². The lowest BCUT2D eigenvalue weighted by Gasteiger charge is -2.12. The molecule has 1 aliphatic heterocycles. The Morgan fingerprint density at radius 1 is 1.26 bits per heavy atom. The van der Waals surface area contributed by atoms with E-state index in [1.165, 1.54) is 13.0 Å². The number of ether oxygens (including phenoxy) is 3. The SMILES string of the molecule is Cc1cc(NC(=O)[C@H](C)OC(=O)c2ccc3c(c2)OCO3)no1. The van der Waals surface area contributed by atoms with Crippen molar-refractivity contribution >= 4 is 17.7 Å². The first kappa shape index (κ1) is 14.9. The molecular weight excluding hydrogens is 304 g/mol. The Morgan fingerprint density at radius 2 is 2.04 bits per heavy atom. The zero-order chi connectivity index (χ0) is 16.4. The van der Waals surface area contributed by atoms with Gasteiger partial charge in [0.2, 0.25) is 6.79 Å². The van der Waals surface area contributed by atoms with Crippen LogP contribution >= 0.6 is 0 Å². The molecule has 8 nitrogen and oxygen atoms in total. The number of rotatable bonds is 4. The maximum Gasteiger partial charge on any atom is 0.339 e. The molecule has 8 heteroatoms. The Morgan fingerprint density at radius 3 is 2.78 bits per heavy atom. The third-order valence-corrected chi connectivity index (χ3v) is 3.14. The molecule has 0 spiro atoms. The molecule has 0 unspecified atom stereocenters. The lowest BCUT2D eigenvalue weighted by atomic mass is 10.2. The summed E-state index contributed by atoms with van der Waals surface area (Å²) in [5.41, 5.74) is 0.270. The number of anilines is 1. The number of fused-ring (bicyclic) bond motifs is 1. The van der Waals surface area contributed by atoms with Gasteiger partial charge in [0, 0.05) is 6.07 Å². The average Bonchev–Trinajstić information content (AvgIpc) is 3.14. The van der Waals surface area contributed by atoms with Crippen LogP contribution in [0, 0.1) is 6.92 Å². The van der Waals surface area contributed by atoms with E-state index in [0.29, 0.717) is 17.3 Å². The van der Waals surface area contributed by atoms with Crippen LogP contribution in [0.4, 0.5) is 5.82 Å². The van der Waals surface area contributed by atoms with Crippen LogP contribution in [0.2, 0.25) is 0 Å². The van der Waals surface area contributed by atoms with Gasteiger partial charge in [0.05, 0.1) is 5.56 Å². The molecule has 1 aromatic heterocycles. The third-order valence-electron chi connectivity index (χ3n) is 3.14. The Balaban J connectivity index is 1.61. The minimum absolute atomic E-state index is 0.115. The third kappa shape index (κ3) is 3.25. The van der Waals surface area contributed by atoms with E-state index in [0.717, 1.165) is 0 Å². The van der Waals surface area contributed by atoms with Gasteiger partial charge in [-0.1, -0.05) is 5.16 Å². The number of hydrogen-bond donors (Lipinski definition) is 1. The van der Waals surface area contributed by atoms with Crippen molar-refractivity contribution in [3.05, 3.63) is 35.6 Å². The van der Waals surface area contributed by atoms with Crippen LogP contribution in [0.3, 0.4) is 0 Å². The minimum atomic E-state index is -0.995. The predicted octanol–water partition coefficient (Wildman–Crippen LogP) is 1.90. The fraction of sp³-hybridized carbons (Fsp3) is 0.267. The van der Waals surface area contributed by atoms with Crippen molar-refractivity contribution in [2.45, 2.75) is 20.0 Å². The van der Waals surface area contributed by atoms with E-state index >= 15 is 0 Å². The summed E-state index contributed by atoms with van der Waals surface area (Å²) in [6, 6.07) is 6.23. The van der Waals surface area contributed by atoms with Crippen LogP contribution < -0.4 is 14.8 Å². The minimum Gasteiger partial charge on any atom is -0.454 e. The van der Waals surface area contributed by atoms with Gasteiger partial charge in [0.1, 0.15) is 5.76 Å². The van der Waals surface area contributed by atoms with E-state index < -0.39 is 18.0 Å². The molecule has 0 radical (unpaired) electrons. The first-order valence-electron chi connectivity index (χ1n) is 6.88. The average molecular weight is 318 g/mol. The maximum atomic E-state index is 12.1. The maximum absolute atomic E-state index is 12.1. The van der Waals surface area contributed by atoms with Crippen molar-refractivity contribution < 1.29 is 28.3 Å². The highest BCUT2D eigenvalue weighted by molar-refractivity contribution is 5.97. The van der Waals surface area contributed by atoms with Gasteiger partial charge < -0.3 is 24.1 Å². The molecule has 1 aliphatic rings. The molecule has 1 N–H and O–H groups in total. The first-order chi connectivity index (χ1) is 11.0. The molecule has 0 aliphatic carbocycles. The molecule has 1 atom stereocenters. The number of aryl methyl sites for hydroxylation is 1. The number of hydrogen-bond acceptors (Lipinski definition) is 7. The number of carbonyl (C=O) groups excluding carboxylic acids is 2. The van der Waals surface area contributed by atoms with Crippen molar-refractivity contribution in [1.29, 1.82) is 0 Å². The molecule has 1 amide bonds. The summed E-state index contributed by atoms with van der Waals surface area (Å²) in [7, 11) is 0. The van der Waals surface area contributed by atoms with Gasteiger partial charge in [0.15, 0.2) is 23.4 Å². The highest BCUT2D eigenvalue weighted by Gasteiger charge is 2.22. The highest BCUT2D eigenvalue weighted by atomic mass is 16.7. The second-order valence-corrected chi connectivity index (χ2v) is 4.93. The lowest BCUT2D eigenvalue weighted by molar-refractivity contribution is -0.123. The molecule has 0 fully saturated rings. The van der Waals surface area contributed by atoms with Crippen molar-refractivity contribution in [1.82, 2.24) is 5.16 Å². The van der Waals surface area contributed by atoms with E-state index in [2.05, 4.69) is 10.5 Å². The van der Waals surface area contributed by atoms with Crippen LogP contribution in [0.1, 0.15) is 23.0 Å². The summed E-state index contributed by atoms with van der Waals surface area (Å²) in [6.45, 7) is 3.28. The van der Waals surface area contributed by atoms with Crippen molar-refractivity contribution in [3.63, 3.8) is 0 Å². The molecule has 2 aromatic rings. The van der Waals surface area contributed by atoms with Gasteiger partial charge in [-0.3, -0.25) is 4.79 Å². The van der Waals surface area contributed by atoms with E-state index in [9.17, 15) is 9.59 Å². The zero-order valence-electron chi connectivity index (χ0n) is 12.5. The van der Waals surface area contributed by atoms with E-state index in [1.54, 1.807) is 25.1 Å². The van der Waals surface area contributed by atoms with Crippen molar-refractivity contribution in [2.75, 3.05) is 12.1 Å². The molecule has 0 saturated heterocycles. The second-order valence-electron chi connectivity index (χ2n) is 4.93. The smallest absolute Gasteiger partial charge is 0.339 e. The van der Waals surface area contributed by atoms with Crippen molar-refractivity contribution in [3.8, 4) is 11.5 Å². The van der Waals surface area contributed by atoms with Crippen LogP contribution in [-0.2, 0) is 9.53 Å². The summed E-state index contributed by atoms with van der Waals surface area (Å²) in [5, 5.41) is 6.13. The van der Waals surface area contributed by atoms with Crippen LogP contribution in [-0.4, -0.2) is 29.9 Å². The largest absolute Gasteiger partial charge is 0.454 e. The monoisotopic (exact) mass is 318 g/mol. The van der Waals surface area contributed by atoms with Gasteiger partial charge in [-0.05, 0) is 32.0 Å². The molecule has 2 heterocycles. The number of aromatic nitrogens is 1. The Kier molecular flexibility index (Phi) is 3.88. The topological polar surface area (TPSA) is 99.9 Å². The van der Waals surface area contributed by atoms with Gasteiger partial charge in [-0.25, -0.2) is 4.79 Å². The summed E-state index contributed by atoms with van der Waals surface area (Å²) in [5.74, 6) is 0.710. The van der Waals surface area contributed by atoms with Gasteiger partial charge in [-0.2, -0.15) is 0 Å². The molecule has 0 bridgehead atoms. The van der Waals surface area contributed by atoms with E-state index in [-0.39, 0.29) is 18.2 Å². The van der Waals surface area contributed by atoms with Crippen LogP contribution in [0.25, 0.3) is 0 Å². The molecule has 23 heavy (non-hydrogen) atoms. The number of amides is 1. The number of nitrogens with one attached hydrogen (secondary N) is 1. The molecule has 120 valence electrons. The molecule has 0 saturated carbocycles. The first-order valence-corrected chi connectivity index (χ1v) is 6.88. The van der Waals surface area contributed by atoms with Crippen molar-refractivity contribution in [2.24, 2.45) is 0 Å². The Hall–Kier alpha value is -3.03. The summed E-state index contributed by atoms with van der Waals surface area (Å²) < 4.78 is 20.3. The molecular formula is C15H14N2O6. The summed E-state index contributed by atoms with van der Waals surface area (Å²) >= 11 is 0. The quantitative estimate of drug-likeness (QED) is 0.859. The number of esters is 1. The van der Waals surface area contributed by atoms with E-state index in [4.69, 9.17) is 18.7 Å².